The number of ether oxygens (including phenoxy) is 1. The molecule has 2 aromatic rings. The Balaban J connectivity index is 2.09. The highest BCUT2D eigenvalue weighted by Gasteiger charge is 2.08. The Morgan fingerprint density at radius 2 is 1.95 bits per heavy atom. The van der Waals surface area contributed by atoms with Crippen molar-refractivity contribution >= 4 is 17.6 Å². The standard InChI is InChI=1S/C15H15ClO4/c1-9-7-12(8-10(2)15(9)16)20-14-6-4-11(19-14)3-5-13(17)18/h4,6-8H,3,5H2,1-2H3,(H,17,18). The van der Waals surface area contributed by atoms with Crippen molar-refractivity contribution in [3.8, 4) is 11.7 Å². The lowest BCUT2D eigenvalue weighted by Crippen LogP contribution is -1.96. The maximum atomic E-state index is 10.5. The second-order valence-corrected chi connectivity index (χ2v) is 4.97. The number of hydrogen-bond donors (Lipinski definition) is 1. The van der Waals surface area contributed by atoms with Crippen molar-refractivity contribution in [3.63, 3.8) is 0 Å². The first-order chi connectivity index (χ1) is 9.45. The van der Waals surface area contributed by atoms with Gasteiger partial charge in [-0.05, 0) is 43.2 Å². The molecule has 0 aliphatic rings. The van der Waals surface area contributed by atoms with Crippen molar-refractivity contribution in [3.05, 3.63) is 46.2 Å². The van der Waals surface area contributed by atoms with Crippen LogP contribution in [0.1, 0.15) is 23.3 Å². The third-order valence-electron chi connectivity index (χ3n) is 2.85. The van der Waals surface area contributed by atoms with Crippen LogP contribution in [0.3, 0.4) is 0 Å². The van der Waals surface area contributed by atoms with Gasteiger partial charge in [0.1, 0.15) is 11.5 Å². The molecule has 1 N–H and O–H groups in total. The highest BCUT2D eigenvalue weighted by atomic mass is 35.5. The summed E-state index contributed by atoms with van der Waals surface area (Å²) in [5.74, 6) is 0.715. The van der Waals surface area contributed by atoms with Gasteiger partial charge in [-0.15, -0.1) is 0 Å². The third kappa shape index (κ3) is 3.54. The molecule has 0 atom stereocenters. The molecule has 4 nitrogen and oxygen atoms in total. The molecule has 0 fully saturated rings. The van der Waals surface area contributed by atoms with Crippen molar-refractivity contribution in [2.45, 2.75) is 26.7 Å². The SMILES string of the molecule is Cc1cc(Oc2ccc(CCC(=O)O)o2)cc(C)c1Cl. The quantitative estimate of drug-likeness (QED) is 0.890. The van der Waals surface area contributed by atoms with Crippen LogP contribution >= 0.6 is 11.6 Å². The number of aliphatic carboxylic acids is 1. The average Bonchev–Trinajstić information content (AvgIpc) is 2.81. The van der Waals surface area contributed by atoms with Crippen LogP contribution in [0.4, 0.5) is 0 Å². The van der Waals surface area contributed by atoms with Crippen molar-refractivity contribution in [1.82, 2.24) is 0 Å². The van der Waals surface area contributed by atoms with E-state index in [2.05, 4.69) is 0 Å². The van der Waals surface area contributed by atoms with E-state index in [0.717, 1.165) is 16.1 Å². The molecular weight excluding hydrogens is 280 g/mol. The summed E-state index contributed by atoms with van der Waals surface area (Å²) in [4.78, 5) is 10.5. The Hall–Kier alpha value is -1.94. The van der Waals surface area contributed by atoms with Crippen molar-refractivity contribution in [2.75, 3.05) is 0 Å². The summed E-state index contributed by atoms with van der Waals surface area (Å²) in [5, 5.41) is 9.34. The van der Waals surface area contributed by atoms with E-state index in [1.54, 1.807) is 12.1 Å². The van der Waals surface area contributed by atoms with Crippen LogP contribution in [-0.2, 0) is 11.2 Å². The lowest BCUT2D eigenvalue weighted by molar-refractivity contribution is -0.137. The first-order valence-electron chi connectivity index (χ1n) is 6.21. The number of carboxylic acid groups (broad SMARTS) is 1. The number of carboxylic acids is 1. The molecule has 1 aromatic carbocycles. The van der Waals surface area contributed by atoms with Gasteiger partial charge in [-0.25, -0.2) is 0 Å². The Morgan fingerprint density at radius 3 is 2.55 bits per heavy atom. The fourth-order valence-electron chi connectivity index (χ4n) is 1.86. The van der Waals surface area contributed by atoms with Gasteiger partial charge in [0.2, 0.25) is 0 Å². The smallest absolute Gasteiger partial charge is 0.303 e. The zero-order valence-corrected chi connectivity index (χ0v) is 12.0. The molecule has 0 aliphatic heterocycles. The minimum Gasteiger partial charge on any atom is -0.481 e. The van der Waals surface area contributed by atoms with E-state index >= 15 is 0 Å². The van der Waals surface area contributed by atoms with Crippen LogP contribution in [0.15, 0.2) is 28.7 Å². The van der Waals surface area contributed by atoms with Gasteiger partial charge in [-0.3, -0.25) is 4.79 Å². The minimum absolute atomic E-state index is 0.0338. The van der Waals surface area contributed by atoms with E-state index in [1.165, 1.54) is 0 Å². The molecule has 0 amide bonds. The second kappa shape index (κ2) is 6.01. The van der Waals surface area contributed by atoms with Gasteiger partial charge in [-0.1, -0.05) is 11.6 Å². The molecule has 106 valence electrons. The fourth-order valence-corrected chi connectivity index (χ4v) is 1.97. The van der Waals surface area contributed by atoms with Gasteiger partial charge in [0.15, 0.2) is 0 Å². The van der Waals surface area contributed by atoms with Crippen molar-refractivity contribution in [2.24, 2.45) is 0 Å². The summed E-state index contributed by atoms with van der Waals surface area (Å²) in [6, 6.07) is 7.05. The number of rotatable bonds is 5. The number of carbonyl (C=O) groups is 1. The molecule has 0 aliphatic carbocycles. The summed E-state index contributed by atoms with van der Waals surface area (Å²) in [5.41, 5.74) is 1.86. The Kier molecular flexibility index (Phi) is 4.35. The number of aryl methyl sites for hydroxylation is 3. The van der Waals surface area contributed by atoms with E-state index in [-0.39, 0.29) is 6.42 Å². The molecular formula is C15H15ClO4. The third-order valence-corrected chi connectivity index (χ3v) is 3.45. The zero-order valence-electron chi connectivity index (χ0n) is 11.3. The number of furan rings is 1. The van der Waals surface area contributed by atoms with E-state index in [0.29, 0.717) is 23.9 Å². The molecule has 0 saturated carbocycles. The molecule has 20 heavy (non-hydrogen) atoms. The predicted octanol–water partition coefficient (Wildman–Crippen LogP) is 4.36. The Bertz CT molecular complexity index is 608. The number of hydrogen-bond acceptors (Lipinski definition) is 3. The van der Waals surface area contributed by atoms with Crippen LogP contribution in [0.5, 0.6) is 11.7 Å². The molecule has 0 unspecified atom stereocenters. The topological polar surface area (TPSA) is 59.7 Å². The van der Waals surface area contributed by atoms with Crippen LogP contribution in [0.2, 0.25) is 5.02 Å². The van der Waals surface area contributed by atoms with Crippen molar-refractivity contribution < 1.29 is 19.1 Å². The fraction of sp³-hybridized carbons (Fsp3) is 0.267. The van der Waals surface area contributed by atoms with Gasteiger partial charge in [0.05, 0.1) is 6.42 Å². The van der Waals surface area contributed by atoms with Gasteiger partial charge in [0.25, 0.3) is 5.95 Å². The number of benzene rings is 1. The molecule has 1 aromatic heterocycles. The second-order valence-electron chi connectivity index (χ2n) is 4.59. The first kappa shape index (κ1) is 14.5. The van der Waals surface area contributed by atoms with E-state index in [9.17, 15) is 4.79 Å². The lowest BCUT2D eigenvalue weighted by atomic mass is 10.1. The summed E-state index contributed by atoms with van der Waals surface area (Å²) in [6.07, 6.45) is 0.378. The normalized spacial score (nSPS) is 10.6. The molecule has 1 heterocycles. The maximum absolute atomic E-state index is 10.5. The monoisotopic (exact) mass is 294 g/mol. The van der Waals surface area contributed by atoms with Crippen LogP contribution < -0.4 is 4.74 Å². The maximum Gasteiger partial charge on any atom is 0.303 e. The van der Waals surface area contributed by atoms with E-state index in [1.807, 2.05) is 26.0 Å². The summed E-state index contributed by atoms with van der Waals surface area (Å²) < 4.78 is 11.0. The van der Waals surface area contributed by atoms with E-state index < -0.39 is 5.97 Å². The largest absolute Gasteiger partial charge is 0.481 e. The first-order valence-corrected chi connectivity index (χ1v) is 6.58. The highest BCUT2D eigenvalue weighted by Crippen LogP contribution is 2.30. The molecule has 0 saturated heterocycles. The van der Waals surface area contributed by atoms with E-state index in [4.69, 9.17) is 25.9 Å². The van der Waals surface area contributed by atoms with Crippen molar-refractivity contribution in [1.29, 1.82) is 0 Å². The molecule has 0 bridgehead atoms. The molecule has 0 radical (unpaired) electrons. The highest BCUT2D eigenvalue weighted by molar-refractivity contribution is 6.32. The van der Waals surface area contributed by atoms with Gasteiger partial charge >= 0.3 is 5.97 Å². The van der Waals surface area contributed by atoms with Crippen LogP contribution in [0.25, 0.3) is 0 Å². The minimum atomic E-state index is -0.854. The molecule has 0 spiro atoms. The predicted molar refractivity (Wildman–Crippen MR) is 75.7 cm³/mol. The Labute approximate surface area is 121 Å². The Morgan fingerprint density at radius 1 is 1.30 bits per heavy atom. The van der Waals surface area contributed by atoms with Gasteiger partial charge < -0.3 is 14.3 Å². The molecule has 5 heteroatoms. The van der Waals surface area contributed by atoms with Crippen LogP contribution in [-0.4, -0.2) is 11.1 Å². The lowest BCUT2D eigenvalue weighted by Gasteiger charge is -2.07. The zero-order chi connectivity index (χ0) is 14.7. The van der Waals surface area contributed by atoms with Crippen LogP contribution in [0, 0.1) is 13.8 Å². The summed E-state index contributed by atoms with van der Waals surface area (Å²) in [7, 11) is 0. The number of halogens is 1. The van der Waals surface area contributed by atoms with Gasteiger partial charge in [0, 0.05) is 17.5 Å². The summed E-state index contributed by atoms with van der Waals surface area (Å²) in [6.45, 7) is 3.81. The molecule has 2 rings (SSSR count). The summed E-state index contributed by atoms with van der Waals surface area (Å²) >= 11 is 6.09. The average molecular weight is 295 g/mol. The van der Waals surface area contributed by atoms with Gasteiger partial charge in [-0.2, -0.15) is 0 Å².